The zero-order valence-corrected chi connectivity index (χ0v) is 18.9. The average Bonchev–Trinajstić information content (AvgIpc) is 2.71. The number of carboxylic acids is 1. The van der Waals surface area contributed by atoms with Crippen molar-refractivity contribution in [1.29, 1.82) is 0 Å². The zero-order chi connectivity index (χ0) is 20.6. The minimum atomic E-state index is -0.977. The summed E-state index contributed by atoms with van der Waals surface area (Å²) in [5.74, 6) is 0.426. The largest absolute Gasteiger partial charge is 0.482 e. The summed E-state index contributed by atoms with van der Waals surface area (Å²) in [5.41, 5.74) is 4.69. The van der Waals surface area contributed by atoms with Crippen molar-refractivity contribution in [3.63, 3.8) is 0 Å². The predicted octanol–water partition coefficient (Wildman–Crippen LogP) is 6.29. The van der Waals surface area contributed by atoms with Crippen molar-refractivity contribution in [2.75, 3.05) is 12.4 Å². The van der Waals surface area contributed by atoms with Gasteiger partial charge in [0.05, 0.1) is 0 Å². The first-order chi connectivity index (χ1) is 14.0. The molecule has 3 nitrogen and oxygen atoms in total. The number of thioether (sulfide) groups is 1. The molecule has 0 atom stereocenters. The Bertz CT molecular complexity index is 1020. The van der Waals surface area contributed by atoms with Crippen molar-refractivity contribution in [2.45, 2.75) is 11.8 Å². The second kappa shape index (κ2) is 10.5. The first-order valence-electron chi connectivity index (χ1n) is 9.12. The molecule has 29 heavy (non-hydrogen) atoms. The fourth-order valence-corrected chi connectivity index (χ4v) is 4.33. The first kappa shape index (κ1) is 21.5. The maximum atomic E-state index is 10.6. The smallest absolute Gasteiger partial charge is 0.341 e. The molecule has 0 aliphatic rings. The number of aryl methyl sites for hydroxylation is 1. The standard InChI is InChI=1S/C24H21IO3S/c1-17-14-21(28-16-24(26)27)10-11-23(17)29-13-12-22(18-6-3-2-4-7-18)19-8-5-9-20(25)15-19/h2-12,14-15H,13,16H2,1H3,(H,26,27). The molecule has 0 radical (unpaired) electrons. The van der Waals surface area contributed by atoms with Gasteiger partial charge in [0.1, 0.15) is 5.75 Å². The zero-order valence-electron chi connectivity index (χ0n) is 16.0. The number of carbonyl (C=O) groups is 1. The summed E-state index contributed by atoms with van der Waals surface area (Å²) in [7, 11) is 0. The average molecular weight is 516 g/mol. The van der Waals surface area contributed by atoms with E-state index in [1.807, 2.05) is 31.2 Å². The van der Waals surface area contributed by atoms with Crippen LogP contribution < -0.4 is 4.74 Å². The van der Waals surface area contributed by atoms with Crippen LogP contribution in [0.15, 0.2) is 83.8 Å². The van der Waals surface area contributed by atoms with Crippen LogP contribution in [0.4, 0.5) is 0 Å². The van der Waals surface area contributed by atoms with Crippen molar-refractivity contribution in [1.82, 2.24) is 0 Å². The van der Waals surface area contributed by atoms with Gasteiger partial charge < -0.3 is 9.84 Å². The van der Waals surface area contributed by atoms with E-state index in [4.69, 9.17) is 9.84 Å². The maximum Gasteiger partial charge on any atom is 0.341 e. The van der Waals surface area contributed by atoms with Crippen LogP contribution in [0.5, 0.6) is 5.75 Å². The van der Waals surface area contributed by atoms with Gasteiger partial charge >= 0.3 is 5.97 Å². The van der Waals surface area contributed by atoms with E-state index in [1.54, 1.807) is 11.8 Å². The van der Waals surface area contributed by atoms with Crippen LogP contribution in [0, 0.1) is 10.5 Å². The second-order valence-electron chi connectivity index (χ2n) is 6.41. The summed E-state index contributed by atoms with van der Waals surface area (Å²) in [6, 6.07) is 24.6. The van der Waals surface area contributed by atoms with Crippen molar-refractivity contribution in [3.8, 4) is 5.75 Å². The van der Waals surface area contributed by atoms with Gasteiger partial charge in [-0.05, 0) is 82.1 Å². The van der Waals surface area contributed by atoms with E-state index in [9.17, 15) is 4.79 Å². The maximum absolute atomic E-state index is 10.6. The Labute approximate surface area is 188 Å². The molecule has 0 heterocycles. The number of hydrogen-bond acceptors (Lipinski definition) is 3. The van der Waals surface area contributed by atoms with Crippen LogP contribution in [0.2, 0.25) is 0 Å². The molecule has 3 aromatic rings. The molecule has 0 spiro atoms. The van der Waals surface area contributed by atoms with Gasteiger partial charge in [-0.15, -0.1) is 11.8 Å². The predicted molar refractivity (Wildman–Crippen MR) is 128 cm³/mol. The molecular formula is C24H21IO3S. The fourth-order valence-electron chi connectivity index (χ4n) is 2.91. The van der Waals surface area contributed by atoms with E-state index in [0.717, 1.165) is 16.2 Å². The van der Waals surface area contributed by atoms with Gasteiger partial charge in [0.15, 0.2) is 6.61 Å². The second-order valence-corrected chi connectivity index (χ2v) is 8.72. The number of rotatable bonds is 8. The molecule has 0 unspecified atom stereocenters. The van der Waals surface area contributed by atoms with Crippen LogP contribution in [0.1, 0.15) is 16.7 Å². The van der Waals surface area contributed by atoms with E-state index < -0.39 is 5.97 Å². The van der Waals surface area contributed by atoms with E-state index in [0.29, 0.717) is 5.75 Å². The summed E-state index contributed by atoms with van der Waals surface area (Å²) >= 11 is 4.09. The highest BCUT2D eigenvalue weighted by Gasteiger charge is 2.07. The van der Waals surface area contributed by atoms with Crippen LogP contribution in [0.25, 0.3) is 5.57 Å². The van der Waals surface area contributed by atoms with Gasteiger partial charge in [-0.3, -0.25) is 0 Å². The first-order valence-corrected chi connectivity index (χ1v) is 11.2. The van der Waals surface area contributed by atoms with Crippen LogP contribution >= 0.6 is 34.4 Å². The van der Waals surface area contributed by atoms with E-state index in [-0.39, 0.29) is 6.61 Å². The van der Waals surface area contributed by atoms with Crippen molar-refractivity contribution >= 4 is 45.9 Å². The molecule has 0 saturated heterocycles. The van der Waals surface area contributed by atoms with Crippen molar-refractivity contribution in [3.05, 3.63) is 99.1 Å². The van der Waals surface area contributed by atoms with Crippen LogP contribution in [0.3, 0.4) is 0 Å². The van der Waals surface area contributed by atoms with E-state index in [2.05, 4.69) is 77.2 Å². The topological polar surface area (TPSA) is 46.5 Å². The highest BCUT2D eigenvalue weighted by molar-refractivity contribution is 14.1. The molecule has 0 aromatic heterocycles. The summed E-state index contributed by atoms with van der Waals surface area (Å²) in [6.07, 6.45) is 2.26. The Hall–Kier alpha value is -2.25. The molecule has 0 aliphatic carbocycles. The van der Waals surface area contributed by atoms with Crippen LogP contribution in [-0.4, -0.2) is 23.4 Å². The molecule has 0 fully saturated rings. The van der Waals surface area contributed by atoms with Crippen molar-refractivity contribution in [2.24, 2.45) is 0 Å². The minimum Gasteiger partial charge on any atom is -0.482 e. The summed E-state index contributed by atoms with van der Waals surface area (Å²) in [5, 5.41) is 8.74. The van der Waals surface area contributed by atoms with Gasteiger partial charge in [0.25, 0.3) is 0 Å². The molecule has 0 amide bonds. The van der Waals surface area contributed by atoms with E-state index in [1.165, 1.54) is 20.3 Å². The fraction of sp³-hybridized carbons (Fsp3) is 0.125. The summed E-state index contributed by atoms with van der Waals surface area (Å²) in [6.45, 7) is 1.68. The molecule has 1 N–H and O–H groups in total. The Morgan fingerprint density at radius 3 is 2.48 bits per heavy atom. The Morgan fingerprint density at radius 2 is 1.79 bits per heavy atom. The molecular weight excluding hydrogens is 495 g/mol. The lowest BCUT2D eigenvalue weighted by Crippen LogP contribution is -2.09. The number of carboxylic acid groups (broad SMARTS) is 1. The molecule has 0 saturated carbocycles. The lowest BCUT2D eigenvalue weighted by molar-refractivity contribution is -0.139. The number of benzene rings is 3. The third kappa shape index (κ3) is 6.37. The third-order valence-corrected chi connectivity index (χ3v) is 6.03. The highest BCUT2D eigenvalue weighted by Crippen LogP contribution is 2.29. The Morgan fingerprint density at radius 1 is 1.03 bits per heavy atom. The van der Waals surface area contributed by atoms with Gasteiger partial charge in [0, 0.05) is 14.2 Å². The van der Waals surface area contributed by atoms with Crippen LogP contribution in [-0.2, 0) is 4.79 Å². The number of halogens is 1. The molecule has 5 heteroatoms. The molecule has 3 aromatic carbocycles. The molecule has 0 aliphatic heterocycles. The quantitative estimate of drug-likeness (QED) is 0.283. The van der Waals surface area contributed by atoms with Gasteiger partial charge in [-0.1, -0.05) is 48.5 Å². The third-order valence-electron chi connectivity index (χ3n) is 4.26. The number of hydrogen-bond donors (Lipinski definition) is 1. The lowest BCUT2D eigenvalue weighted by Gasteiger charge is -2.11. The Balaban J connectivity index is 1.77. The van der Waals surface area contributed by atoms with Gasteiger partial charge in [0.2, 0.25) is 0 Å². The molecule has 148 valence electrons. The molecule has 3 rings (SSSR count). The minimum absolute atomic E-state index is 0.328. The highest BCUT2D eigenvalue weighted by atomic mass is 127. The van der Waals surface area contributed by atoms with Gasteiger partial charge in [-0.2, -0.15) is 0 Å². The van der Waals surface area contributed by atoms with E-state index >= 15 is 0 Å². The number of aliphatic carboxylic acids is 1. The normalized spacial score (nSPS) is 11.3. The summed E-state index contributed by atoms with van der Waals surface area (Å²) in [4.78, 5) is 11.8. The monoisotopic (exact) mass is 516 g/mol. The lowest BCUT2D eigenvalue weighted by atomic mass is 9.98. The van der Waals surface area contributed by atoms with Crippen molar-refractivity contribution < 1.29 is 14.6 Å². The Kier molecular flexibility index (Phi) is 7.77. The molecule has 0 bridgehead atoms. The van der Waals surface area contributed by atoms with Gasteiger partial charge in [-0.25, -0.2) is 4.79 Å². The number of ether oxygens (including phenoxy) is 1. The SMILES string of the molecule is Cc1cc(OCC(=O)O)ccc1SCC=C(c1ccccc1)c1cccc(I)c1. The summed E-state index contributed by atoms with van der Waals surface area (Å²) < 4.78 is 6.46.